The van der Waals surface area contributed by atoms with Gasteiger partial charge < -0.3 is 9.32 Å². The first-order chi connectivity index (χ1) is 11.3. The molecule has 0 aromatic carbocycles. The standard InChI is InChI=1S/C18H25N3O2S/c1-11-15(23-12(2)19-11)17(22)21-8-6-13(7-9-21)16-20-14(10-24-16)18(3,4)5/h10,13H,6-9H2,1-5H3. The number of likely N-dealkylation sites (tertiary alicyclic amines) is 1. The summed E-state index contributed by atoms with van der Waals surface area (Å²) in [5.41, 5.74) is 1.93. The summed E-state index contributed by atoms with van der Waals surface area (Å²) in [5, 5.41) is 3.38. The summed E-state index contributed by atoms with van der Waals surface area (Å²) in [6, 6.07) is 0. The maximum atomic E-state index is 12.6. The summed E-state index contributed by atoms with van der Waals surface area (Å²) < 4.78 is 5.47. The molecule has 130 valence electrons. The molecule has 0 aliphatic carbocycles. The summed E-state index contributed by atoms with van der Waals surface area (Å²) in [6.45, 7) is 11.6. The molecule has 2 aromatic heterocycles. The molecule has 0 N–H and O–H groups in total. The number of nitrogens with zero attached hydrogens (tertiary/aromatic N) is 3. The van der Waals surface area contributed by atoms with E-state index in [0.29, 0.717) is 23.3 Å². The average Bonchev–Trinajstić information content (AvgIpc) is 3.13. The third-order valence-corrected chi connectivity index (χ3v) is 5.53. The third kappa shape index (κ3) is 3.38. The number of hydrogen-bond acceptors (Lipinski definition) is 5. The van der Waals surface area contributed by atoms with E-state index in [1.807, 2.05) is 11.8 Å². The van der Waals surface area contributed by atoms with Crippen LogP contribution >= 0.6 is 11.3 Å². The number of aromatic nitrogens is 2. The van der Waals surface area contributed by atoms with Gasteiger partial charge in [-0.2, -0.15) is 0 Å². The van der Waals surface area contributed by atoms with Crippen molar-refractivity contribution in [1.29, 1.82) is 0 Å². The van der Waals surface area contributed by atoms with E-state index in [2.05, 4.69) is 31.1 Å². The predicted molar refractivity (Wildman–Crippen MR) is 94.7 cm³/mol. The molecule has 3 rings (SSSR count). The van der Waals surface area contributed by atoms with Gasteiger partial charge in [0.05, 0.1) is 16.4 Å². The summed E-state index contributed by atoms with van der Waals surface area (Å²) >= 11 is 1.75. The Morgan fingerprint density at radius 1 is 1.25 bits per heavy atom. The molecule has 5 nitrogen and oxygen atoms in total. The van der Waals surface area contributed by atoms with Crippen LogP contribution in [0.25, 0.3) is 0 Å². The second kappa shape index (κ2) is 6.31. The number of carbonyl (C=O) groups is 1. The van der Waals surface area contributed by atoms with Crippen molar-refractivity contribution < 1.29 is 9.21 Å². The van der Waals surface area contributed by atoms with Crippen LogP contribution in [-0.4, -0.2) is 33.9 Å². The topological polar surface area (TPSA) is 59.2 Å². The molecule has 0 saturated carbocycles. The van der Waals surface area contributed by atoms with Crippen LogP contribution in [0.15, 0.2) is 9.80 Å². The number of rotatable bonds is 2. The first-order valence-corrected chi connectivity index (χ1v) is 9.33. The van der Waals surface area contributed by atoms with Gasteiger partial charge in [0.25, 0.3) is 5.91 Å². The molecule has 0 radical (unpaired) electrons. The van der Waals surface area contributed by atoms with Crippen molar-refractivity contribution in [2.75, 3.05) is 13.1 Å². The van der Waals surface area contributed by atoms with E-state index in [4.69, 9.17) is 9.40 Å². The predicted octanol–water partition coefficient (Wildman–Crippen LogP) is 4.07. The summed E-state index contributed by atoms with van der Waals surface area (Å²) in [7, 11) is 0. The summed E-state index contributed by atoms with van der Waals surface area (Å²) in [5.74, 6) is 1.34. The van der Waals surface area contributed by atoms with E-state index >= 15 is 0 Å². The third-order valence-electron chi connectivity index (χ3n) is 4.52. The molecule has 1 amide bonds. The number of piperidine rings is 1. The highest BCUT2D eigenvalue weighted by atomic mass is 32.1. The van der Waals surface area contributed by atoms with Gasteiger partial charge in [0.2, 0.25) is 5.76 Å². The Kier molecular flexibility index (Phi) is 4.51. The SMILES string of the molecule is Cc1nc(C)c(C(=O)N2CCC(c3nc(C(C)(C)C)cs3)CC2)o1. The fourth-order valence-corrected chi connectivity index (χ4v) is 4.24. The minimum Gasteiger partial charge on any atom is -0.436 e. The largest absolute Gasteiger partial charge is 0.436 e. The minimum atomic E-state index is -0.0407. The zero-order valence-corrected chi connectivity index (χ0v) is 15.9. The van der Waals surface area contributed by atoms with Crippen LogP contribution in [0, 0.1) is 13.8 Å². The molecular formula is C18H25N3O2S. The van der Waals surface area contributed by atoms with E-state index < -0.39 is 0 Å². The maximum Gasteiger partial charge on any atom is 0.291 e. The molecule has 1 aliphatic heterocycles. The lowest BCUT2D eigenvalue weighted by Crippen LogP contribution is -2.38. The number of oxazole rings is 1. The monoisotopic (exact) mass is 347 g/mol. The molecule has 24 heavy (non-hydrogen) atoms. The second-order valence-corrected chi connectivity index (χ2v) is 8.42. The van der Waals surface area contributed by atoms with Gasteiger partial charge in [0.15, 0.2) is 5.89 Å². The molecule has 0 bridgehead atoms. The lowest BCUT2D eigenvalue weighted by Gasteiger charge is -2.30. The highest BCUT2D eigenvalue weighted by Gasteiger charge is 2.29. The van der Waals surface area contributed by atoms with Gasteiger partial charge in [0, 0.05) is 36.7 Å². The van der Waals surface area contributed by atoms with Crippen LogP contribution in [0.5, 0.6) is 0 Å². The molecule has 1 aliphatic rings. The number of carbonyl (C=O) groups excluding carboxylic acids is 1. The number of aryl methyl sites for hydroxylation is 2. The van der Waals surface area contributed by atoms with Gasteiger partial charge in [-0.1, -0.05) is 20.8 Å². The average molecular weight is 347 g/mol. The molecule has 0 atom stereocenters. The fourth-order valence-electron chi connectivity index (χ4n) is 3.02. The summed E-state index contributed by atoms with van der Waals surface area (Å²) in [4.78, 5) is 23.5. The first kappa shape index (κ1) is 17.1. The molecule has 3 heterocycles. The van der Waals surface area contributed by atoms with Crippen LogP contribution in [0.2, 0.25) is 0 Å². The van der Waals surface area contributed by atoms with Crippen molar-refractivity contribution in [3.8, 4) is 0 Å². The van der Waals surface area contributed by atoms with Crippen LogP contribution < -0.4 is 0 Å². The molecule has 1 fully saturated rings. The van der Waals surface area contributed by atoms with E-state index in [1.54, 1.807) is 18.3 Å². The quantitative estimate of drug-likeness (QED) is 0.822. The summed E-state index contributed by atoms with van der Waals surface area (Å²) in [6.07, 6.45) is 1.91. The second-order valence-electron chi connectivity index (χ2n) is 7.53. The normalized spacial score (nSPS) is 16.6. The molecule has 6 heteroatoms. The van der Waals surface area contributed by atoms with Crippen molar-refractivity contribution in [3.05, 3.63) is 33.4 Å². The van der Waals surface area contributed by atoms with Crippen molar-refractivity contribution in [1.82, 2.24) is 14.9 Å². The Bertz CT molecular complexity index is 734. The maximum absolute atomic E-state index is 12.6. The van der Waals surface area contributed by atoms with Gasteiger partial charge in [-0.25, -0.2) is 9.97 Å². The number of amides is 1. The molecule has 2 aromatic rings. The molecule has 0 unspecified atom stereocenters. The molecule has 1 saturated heterocycles. The Morgan fingerprint density at radius 3 is 2.42 bits per heavy atom. The molecule has 0 spiro atoms. The van der Waals surface area contributed by atoms with Crippen LogP contribution in [0.1, 0.15) is 72.4 Å². The number of hydrogen-bond donors (Lipinski definition) is 0. The zero-order valence-electron chi connectivity index (χ0n) is 15.0. The molecular weight excluding hydrogens is 322 g/mol. The van der Waals surface area contributed by atoms with Crippen LogP contribution in [0.3, 0.4) is 0 Å². The zero-order chi connectivity index (χ0) is 17.5. The van der Waals surface area contributed by atoms with Gasteiger partial charge >= 0.3 is 0 Å². The van der Waals surface area contributed by atoms with E-state index in [9.17, 15) is 4.79 Å². The number of thiazole rings is 1. The van der Waals surface area contributed by atoms with Crippen LogP contribution in [0.4, 0.5) is 0 Å². The minimum absolute atomic E-state index is 0.0407. The Labute approximate surface area is 147 Å². The van der Waals surface area contributed by atoms with Crippen molar-refractivity contribution in [2.24, 2.45) is 0 Å². The van der Waals surface area contributed by atoms with E-state index in [0.717, 1.165) is 31.6 Å². The Balaban J connectivity index is 1.64. The van der Waals surface area contributed by atoms with E-state index in [1.165, 1.54) is 5.01 Å². The van der Waals surface area contributed by atoms with Crippen molar-refractivity contribution >= 4 is 17.2 Å². The van der Waals surface area contributed by atoms with E-state index in [-0.39, 0.29) is 11.3 Å². The van der Waals surface area contributed by atoms with Crippen molar-refractivity contribution in [2.45, 2.75) is 58.8 Å². The lowest BCUT2D eigenvalue weighted by molar-refractivity contribution is 0.0678. The van der Waals surface area contributed by atoms with Crippen LogP contribution in [-0.2, 0) is 5.41 Å². The lowest BCUT2D eigenvalue weighted by atomic mass is 9.93. The Hall–Kier alpha value is -1.69. The highest BCUT2D eigenvalue weighted by molar-refractivity contribution is 7.09. The van der Waals surface area contributed by atoms with Gasteiger partial charge in [0.1, 0.15) is 0 Å². The fraction of sp³-hybridized carbons (Fsp3) is 0.611. The van der Waals surface area contributed by atoms with Gasteiger partial charge in [-0.15, -0.1) is 11.3 Å². The van der Waals surface area contributed by atoms with Gasteiger partial charge in [-0.3, -0.25) is 4.79 Å². The highest BCUT2D eigenvalue weighted by Crippen LogP contribution is 2.33. The van der Waals surface area contributed by atoms with Crippen molar-refractivity contribution in [3.63, 3.8) is 0 Å². The Morgan fingerprint density at radius 2 is 1.92 bits per heavy atom. The first-order valence-electron chi connectivity index (χ1n) is 8.45. The van der Waals surface area contributed by atoms with Gasteiger partial charge in [-0.05, 0) is 19.8 Å². The smallest absolute Gasteiger partial charge is 0.291 e.